The molecule has 1 heteroatoms. The number of rotatable bonds is 5. The standard InChI is InChI=1S/C21H24O/c1-2-9-19(16-17-22)21(20-12-7-4-8-13-20)15-14-18-10-5-3-6-11-18/h2-3,5-6,10-12,22H,1,4,7-9,13,16-17H2/b21-19-. The molecule has 1 N–H and O–H groups in total. The van der Waals surface area contributed by atoms with E-state index in [2.05, 4.69) is 24.5 Å². The zero-order valence-corrected chi connectivity index (χ0v) is 13.1. The first-order valence-electron chi connectivity index (χ1n) is 8.05. The molecular weight excluding hydrogens is 268 g/mol. The maximum Gasteiger partial charge on any atom is 0.0468 e. The molecule has 0 unspecified atom stereocenters. The lowest BCUT2D eigenvalue weighted by molar-refractivity contribution is 0.298. The normalized spacial score (nSPS) is 15.2. The van der Waals surface area contributed by atoms with Gasteiger partial charge >= 0.3 is 0 Å². The molecule has 2 rings (SSSR count). The average molecular weight is 292 g/mol. The van der Waals surface area contributed by atoms with Gasteiger partial charge in [-0.15, -0.1) is 6.58 Å². The molecule has 0 aliphatic heterocycles. The van der Waals surface area contributed by atoms with Gasteiger partial charge in [-0.1, -0.05) is 42.2 Å². The fourth-order valence-electron chi connectivity index (χ4n) is 2.76. The third-order valence-corrected chi connectivity index (χ3v) is 3.88. The lowest BCUT2D eigenvalue weighted by atomic mass is 9.88. The van der Waals surface area contributed by atoms with E-state index in [4.69, 9.17) is 0 Å². The molecule has 1 nitrogen and oxygen atoms in total. The fraction of sp³-hybridized carbons (Fsp3) is 0.333. The van der Waals surface area contributed by atoms with Crippen molar-refractivity contribution in [3.05, 3.63) is 71.3 Å². The van der Waals surface area contributed by atoms with Crippen LogP contribution in [0.2, 0.25) is 0 Å². The van der Waals surface area contributed by atoms with E-state index in [1.807, 2.05) is 36.4 Å². The van der Waals surface area contributed by atoms with Gasteiger partial charge in [-0.2, -0.15) is 0 Å². The molecule has 1 aromatic carbocycles. The van der Waals surface area contributed by atoms with E-state index in [0.717, 1.165) is 30.4 Å². The molecule has 114 valence electrons. The minimum absolute atomic E-state index is 0.160. The van der Waals surface area contributed by atoms with Crippen molar-refractivity contribution >= 4 is 0 Å². The Morgan fingerprint density at radius 3 is 2.68 bits per heavy atom. The highest BCUT2D eigenvalue weighted by Gasteiger charge is 2.11. The van der Waals surface area contributed by atoms with Crippen LogP contribution in [0, 0.1) is 11.8 Å². The fourth-order valence-corrected chi connectivity index (χ4v) is 2.76. The Hall–Kier alpha value is -2.04. The first kappa shape index (κ1) is 16.3. The Bertz CT molecular complexity index is 608. The Labute approximate surface area is 134 Å². The second kappa shape index (κ2) is 9.07. The van der Waals surface area contributed by atoms with Crippen molar-refractivity contribution in [3.8, 4) is 11.8 Å². The molecule has 0 aromatic heterocycles. The number of hydrogen-bond donors (Lipinski definition) is 1. The summed E-state index contributed by atoms with van der Waals surface area (Å²) in [7, 11) is 0. The largest absolute Gasteiger partial charge is 0.396 e. The summed E-state index contributed by atoms with van der Waals surface area (Å²) in [5.41, 5.74) is 4.70. The molecule has 1 aromatic rings. The van der Waals surface area contributed by atoms with Crippen LogP contribution in [0.1, 0.15) is 44.1 Å². The topological polar surface area (TPSA) is 20.2 Å². The molecule has 0 bridgehead atoms. The maximum absolute atomic E-state index is 9.36. The predicted molar refractivity (Wildman–Crippen MR) is 93.4 cm³/mol. The van der Waals surface area contributed by atoms with Crippen molar-refractivity contribution in [2.75, 3.05) is 6.61 Å². The molecule has 0 spiro atoms. The Balaban J connectivity index is 2.40. The summed E-state index contributed by atoms with van der Waals surface area (Å²) >= 11 is 0. The van der Waals surface area contributed by atoms with Crippen molar-refractivity contribution in [3.63, 3.8) is 0 Å². The van der Waals surface area contributed by atoms with Crippen LogP contribution in [0.5, 0.6) is 0 Å². The smallest absolute Gasteiger partial charge is 0.0468 e. The Kier molecular flexibility index (Phi) is 6.74. The molecule has 22 heavy (non-hydrogen) atoms. The van der Waals surface area contributed by atoms with Gasteiger partial charge in [0.15, 0.2) is 0 Å². The minimum atomic E-state index is 0.160. The minimum Gasteiger partial charge on any atom is -0.396 e. The van der Waals surface area contributed by atoms with Crippen LogP contribution in [0.15, 0.2) is 65.8 Å². The van der Waals surface area contributed by atoms with Crippen molar-refractivity contribution in [2.24, 2.45) is 0 Å². The summed E-state index contributed by atoms with van der Waals surface area (Å²) in [6.07, 6.45) is 10.4. The highest BCUT2D eigenvalue weighted by Crippen LogP contribution is 2.28. The van der Waals surface area contributed by atoms with Gasteiger partial charge in [0, 0.05) is 17.7 Å². The number of benzene rings is 1. The highest BCUT2D eigenvalue weighted by atomic mass is 16.2. The summed E-state index contributed by atoms with van der Waals surface area (Å²) in [5.74, 6) is 6.65. The summed E-state index contributed by atoms with van der Waals surface area (Å²) < 4.78 is 0. The molecule has 0 fully saturated rings. The van der Waals surface area contributed by atoms with E-state index >= 15 is 0 Å². The van der Waals surface area contributed by atoms with Gasteiger partial charge in [0.05, 0.1) is 0 Å². The van der Waals surface area contributed by atoms with Crippen LogP contribution >= 0.6 is 0 Å². The van der Waals surface area contributed by atoms with E-state index < -0.39 is 0 Å². The van der Waals surface area contributed by atoms with Crippen LogP contribution in [0.3, 0.4) is 0 Å². The first-order valence-corrected chi connectivity index (χ1v) is 8.05. The van der Waals surface area contributed by atoms with Crippen LogP contribution in [-0.4, -0.2) is 11.7 Å². The van der Waals surface area contributed by atoms with E-state index in [0.29, 0.717) is 6.42 Å². The summed E-state index contributed by atoms with van der Waals surface area (Å²) in [6.45, 7) is 4.00. The molecule has 0 heterocycles. The molecule has 1 aliphatic carbocycles. The van der Waals surface area contributed by atoms with Crippen LogP contribution in [-0.2, 0) is 0 Å². The van der Waals surface area contributed by atoms with E-state index in [1.54, 1.807) is 0 Å². The van der Waals surface area contributed by atoms with Gasteiger partial charge in [-0.05, 0) is 61.8 Å². The molecule has 0 saturated heterocycles. The van der Waals surface area contributed by atoms with Crippen molar-refractivity contribution in [2.45, 2.75) is 38.5 Å². The van der Waals surface area contributed by atoms with Gasteiger partial charge in [0.1, 0.15) is 0 Å². The van der Waals surface area contributed by atoms with Gasteiger partial charge in [-0.3, -0.25) is 0 Å². The van der Waals surface area contributed by atoms with Crippen LogP contribution in [0.25, 0.3) is 0 Å². The number of aliphatic hydroxyl groups excluding tert-OH is 1. The molecule has 0 radical (unpaired) electrons. The molecular formula is C21H24O. The van der Waals surface area contributed by atoms with Crippen molar-refractivity contribution in [1.29, 1.82) is 0 Å². The summed E-state index contributed by atoms with van der Waals surface area (Å²) in [6, 6.07) is 10.1. The second-order valence-electron chi connectivity index (χ2n) is 5.54. The van der Waals surface area contributed by atoms with Crippen molar-refractivity contribution < 1.29 is 5.11 Å². The average Bonchev–Trinajstić information content (AvgIpc) is 2.57. The third-order valence-electron chi connectivity index (χ3n) is 3.88. The quantitative estimate of drug-likeness (QED) is 0.611. The highest BCUT2D eigenvalue weighted by molar-refractivity contribution is 5.52. The first-order chi connectivity index (χ1) is 10.8. The monoisotopic (exact) mass is 292 g/mol. The van der Waals surface area contributed by atoms with Gasteiger partial charge in [-0.25, -0.2) is 0 Å². The molecule has 0 atom stereocenters. The SMILES string of the molecule is C=CC/C(CCO)=C(\C#Cc1ccccc1)C1=CCCCC1. The maximum atomic E-state index is 9.36. The Morgan fingerprint density at radius 1 is 1.23 bits per heavy atom. The van der Waals surface area contributed by atoms with Gasteiger partial charge in [0.25, 0.3) is 0 Å². The van der Waals surface area contributed by atoms with E-state index in [1.165, 1.54) is 24.0 Å². The number of hydrogen-bond acceptors (Lipinski definition) is 1. The second-order valence-corrected chi connectivity index (χ2v) is 5.54. The van der Waals surface area contributed by atoms with Crippen LogP contribution in [0.4, 0.5) is 0 Å². The lowest BCUT2D eigenvalue weighted by Crippen LogP contribution is -2.00. The third kappa shape index (κ3) is 4.76. The lowest BCUT2D eigenvalue weighted by Gasteiger charge is -2.16. The molecule has 0 amide bonds. The molecule has 1 aliphatic rings. The zero-order chi connectivity index (χ0) is 15.6. The number of aliphatic hydroxyl groups is 1. The van der Waals surface area contributed by atoms with Crippen molar-refractivity contribution in [1.82, 2.24) is 0 Å². The predicted octanol–water partition coefficient (Wildman–Crippen LogP) is 4.79. The summed E-state index contributed by atoms with van der Waals surface area (Å²) in [5, 5.41) is 9.36. The van der Waals surface area contributed by atoms with E-state index in [-0.39, 0.29) is 6.61 Å². The zero-order valence-electron chi connectivity index (χ0n) is 13.1. The molecule has 0 saturated carbocycles. The van der Waals surface area contributed by atoms with Gasteiger partial charge < -0.3 is 5.11 Å². The number of allylic oxidation sites excluding steroid dienone is 4. The Morgan fingerprint density at radius 2 is 2.05 bits per heavy atom. The van der Waals surface area contributed by atoms with E-state index in [9.17, 15) is 5.11 Å². The van der Waals surface area contributed by atoms with Gasteiger partial charge in [0.2, 0.25) is 0 Å². The van der Waals surface area contributed by atoms with Crippen LogP contribution < -0.4 is 0 Å². The summed E-state index contributed by atoms with van der Waals surface area (Å²) in [4.78, 5) is 0.